The molecule has 0 radical (unpaired) electrons. The monoisotopic (exact) mass is 286 g/mol. The van der Waals surface area contributed by atoms with E-state index >= 15 is 0 Å². The van der Waals surface area contributed by atoms with Crippen molar-refractivity contribution in [1.29, 1.82) is 0 Å². The highest BCUT2D eigenvalue weighted by Crippen LogP contribution is 2.41. The molecular formula is C15H26O5. The Hall–Kier alpha value is -0.200. The van der Waals surface area contributed by atoms with E-state index in [4.69, 9.17) is 18.9 Å². The van der Waals surface area contributed by atoms with Crippen molar-refractivity contribution in [2.75, 3.05) is 40.1 Å². The first kappa shape index (κ1) is 14.7. The van der Waals surface area contributed by atoms with E-state index in [1.54, 1.807) is 7.11 Å². The first-order chi connectivity index (χ1) is 9.70. The van der Waals surface area contributed by atoms with Crippen LogP contribution in [0.2, 0.25) is 0 Å². The number of aliphatic hydroxyl groups excluding tert-OH is 1. The van der Waals surface area contributed by atoms with Crippen LogP contribution in [0.15, 0.2) is 0 Å². The van der Waals surface area contributed by atoms with Gasteiger partial charge in [-0.05, 0) is 18.8 Å². The highest BCUT2D eigenvalue weighted by Gasteiger charge is 2.49. The van der Waals surface area contributed by atoms with Gasteiger partial charge in [-0.1, -0.05) is 0 Å². The lowest BCUT2D eigenvalue weighted by Gasteiger charge is -2.46. The molecule has 0 amide bonds. The van der Waals surface area contributed by atoms with E-state index in [0.29, 0.717) is 26.4 Å². The molecule has 5 nitrogen and oxygen atoms in total. The Kier molecular flexibility index (Phi) is 4.34. The Balaban J connectivity index is 1.70. The van der Waals surface area contributed by atoms with Crippen molar-refractivity contribution in [1.82, 2.24) is 0 Å². The van der Waals surface area contributed by atoms with Gasteiger partial charge in [0.25, 0.3) is 0 Å². The highest BCUT2D eigenvalue weighted by atomic mass is 16.6. The average molecular weight is 286 g/mol. The second-order valence-electron chi connectivity index (χ2n) is 6.41. The summed E-state index contributed by atoms with van der Waals surface area (Å²) in [5.74, 6) is 0.225. The first-order valence-electron chi connectivity index (χ1n) is 7.72. The Bertz CT molecular complexity index is 320. The van der Waals surface area contributed by atoms with Crippen LogP contribution in [0.3, 0.4) is 0 Å². The molecule has 0 aromatic rings. The summed E-state index contributed by atoms with van der Waals surface area (Å²) in [6, 6.07) is 0. The van der Waals surface area contributed by atoms with E-state index in [0.717, 1.165) is 38.7 Å². The summed E-state index contributed by atoms with van der Waals surface area (Å²) in [6.45, 7) is 3.48. The molecule has 3 rings (SSSR count). The Morgan fingerprint density at radius 1 is 1.10 bits per heavy atom. The third kappa shape index (κ3) is 2.62. The zero-order valence-corrected chi connectivity index (χ0v) is 12.3. The van der Waals surface area contributed by atoms with E-state index in [1.165, 1.54) is 0 Å². The predicted octanol–water partition coefficient (Wildman–Crippen LogP) is 1.13. The minimum Gasteiger partial charge on any atom is -0.390 e. The second-order valence-corrected chi connectivity index (χ2v) is 6.41. The van der Waals surface area contributed by atoms with Crippen LogP contribution >= 0.6 is 0 Å². The van der Waals surface area contributed by atoms with Gasteiger partial charge >= 0.3 is 0 Å². The van der Waals surface area contributed by atoms with Crippen molar-refractivity contribution in [2.24, 2.45) is 5.92 Å². The van der Waals surface area contributed by atoms with Crippen LogP contribution in [0.1, 0.15) is 32.1 Å². The quantitative estimate of drug-likeness (QED) is 0.843. The van der Waals surface area contributed by atoms with E-state index in [-0.39, 0.29) is 11.5 Å². The molecule has 0 saturated carbocycles. The van der Waals surface area contributed by atoms with E-state index in [2.05, 4.69) is 0 Å². The van der Waals surface area contributed by atoms with E-state index < -0.39 is 11.7 Å². The van der Waals surface area contributed by atoms with Crippen molar-refractivity contribution in [3.63, 3.8) is 0 Å². The summed E-state index contributed by atoms with van der Waals surface area (Å²) in [5, 5.41) is 10.9. The molecule has 20 heavy (non-hydrogen) atoms. The molecule has 0 bridgehead atoms. The van der Waals surface area contributed by atoms with Gasteiger partial charge in [-0.25, -0.2) is 0 Å². The number of ether oxygens (including phenoxy) is 4. The molecule has 0 aliphatic carbocycles. The van der Waals surface area contributed by atoms with Crippen molar-refractivity contribution in [3.8, 4) is 0 Å². The van der Waals surface area contributed by atoms with Crippen molar-refractivity contribution < 1.29 is 24.1 Å². The van der Waals surface area contributed by atoms with E-state index in [1.807, 2.05) is 0 Å². The van der Waals surface area contributed by atoms with Crippen LogP contribution in [0.25, 0.3) is 0 Å². The molecular weight excluding hydrogens is 260 g/mol. The van der Waals surface area contributed by atoms with Gasteiger partial charge in [0, 0.05) is 52.8 Å². The average Bonchev–Trinajstić information content (AvgIpc) is 2.95. The summed E-state index contributed by atoms with van der Waals surface area (Å²) >= 11 is 0. The number of hydrogen-bond acceptors (Lipinski definition) is 5. The SMILES string of the molecule is COC1(C(O)C2CCOC3(CCOC3)C2)CCOCC1. The van der Waals surface area contributed by atoms with Crippen LogP contribution in [-0.4, -0.2) is 62.6 Å². The fourth-order valence-corrected chi connectivity index (χ4v) is 3.97. The maximum absolute atomic E-state index is 10.9. The maximum atomic E-state index is 10.9. The molecule has 3 heterocycles. The number of rotatable bonds is 3. The van der Waals surface area contributed by atoms with Crippen LogP contribution in [0.5, 0.6) is 0 Å². The minimum atomic E-state index is -0.447. The van der Waals surface area contributed by atoms with Crippen LogP contribution < -0.4 is 0 Å². The molecule has 3 aliphatic rings. The summed E-state index contributed by atoms with van der Waals surface area (Å²) in [5.41, 5.74) is -0.606. The summed E-state index contributed by atoms with van der Waals surface area (Å²) < 4.78 is 22.6. The van der Waals surface area contributed by atoms with Gasteiger partial charge < -0.3 is 24.1 Å². The summed E-state index contributed by atoms with van der Waals surface area (Å²) in [7, 11) is 1.71. The summed E-state index contributed by atoms with van der Waals surface area (Å²) in [6.07, 6.45) is 3.81. The normalized spacial score (nSPS) is 39.0. The summed E-state index contributed by atoms with van der Waals surface area (Å²) in [4.78, 5) is 0. The maximum Gasteiger partial charge on any atom is 0.0982 e. The largest absolute Gasteiger partial charge is 0.390 e. The lowest BCUT2D eigenvalue weighted by molar-refractivity contribution is -0.191. The first-order valence-corrected chi connectivity index (χ1v) is 7.72. The highest BCUT2D eigenvalue weighted by molar-refractivity contribution is 4.99. The molecule has 0 aromatic carbocycles. The molecule has 3 saturated heterocycles. The molecule has 1 spiro atoms. The van der Waals surface area contributed by atoms with Gasteiger partial charge in [0.05, 0.1) is 23.9 Å². The smallest absolute Gasteiger partial charge is 0.0982 e. The fourth-order valence-electron chi connectivity index (χ4n) is 3.97. The van der Waals surface area contributed by atoms with Crippen LogP contribution in [-0.2, 0) is 18.9 Å². The van der Waals surface area contributed by atoms with Gasteiger partial charge in [-0.15, -0.1) is 0 Å². The molecule has 3 atom stereocenters. The fraction of sp³-hybridized carbons (Fsp3) is 1.00. The standard InChI is InChI=1S/C15H26O5/c1-17-15(4-8-18-9-5-15)13(16)12-2-6-20-14(10-12)3-7-19-11-14/h12-13,16H,2-11H2,1H3. The van der Waals surface area contributed by atoms with Gasteiger partial charge in [0.15, 0.2) is 0 Å². The van der Waals surface area contributed by atoms with Gasteiger partial charge in [-0.3, -0.25) is 0 Å². The van der Waals surface area contributed by atoms with Crippen molar-refractivity contribution in [3.05, 3.63) is 0 Å². The van der Waals surface area contributed by atoms with Crippen LogP contribution in [0.4, 0.5) is 0 Å². The van der Waals surface area contributed by atoms with Gasteiger partial charge in [0.1, 0.15) is 0 Å². The lowest BCUT2D eigenvalue weighted by atomic mass is 9.74. The molecule has 0 aromatic heterocycles. The second kappa shape index (κ2) is 5.89. The molecule has 5 heteroatoms. The lowest BCUT2D eigenvalue weighted by Crippen LogP contribution is -2.55. The number of hydrogen-bond donors (Lipinski definition) is 1. The molecule has 3 fully saturated rings. The minimum absolute atomic E-state index is 0.163. The van der Waals surface area contributed by atoms with E-state index in [9.17, 15) is 5.11 Å². The van der Waals surface area contributed by atoms with Gasteiger partial charge in [-0.2, -0.15) is 0 Å². The molecule has 3 unspecified atom stereocenters. The van der Waals surface area contributed by atoms with Gasteiger partial charge in [0.2, 0.25) is 0 Å². The number of aliphatic hydroxyl groups is 1. The molecule has 116 valence electrons. The van der Waals surface area contributed by atoms with Crippen molar-refractivity contribution >= 4 is 0 Å². The zero-order chi connectivity index (χ0) is 14.1. The third-order valence-electron chi connectivity index (χ3n) is 5.33. The molecule has 1 N–H and O–H groups in total. The number of methoxy groups -OCH3 is 1. The van der Waals surface area contributed by atoms with Crippen LogP contribution in [0, 0.1) is 5.92 Å². The molecule has 3 aliphatic heterocycles. The zero-order valence-electron chi connectivity index (χ0n) is 12.3. The topological polar surface area (TPSA) is 57.2 Å². The third-order valence-corrected chi connectivity index (χ3v) is 5.33. The Morgan fingerprint density at radius 2 is 1.85 bits per heavy atom. The Morgan fingerprint density at radius 3 is 2.50 bits per heavy atom. The Labute approximate surface area is 120 Å². The predicted molar refractivity (Wildman–Crippen MR) is 72.6 cm³/mol. The van der Waals surface area contributed by atoms with Crippen molar-refractivity contribution in [2.45, 2.75) is 49.4 Å².